The summed E-state index contributed by atoms with van der Waals surface area (Å²) in [6.07, 6.45) is -5.22. The van der Waals surface area contributed by atoms with Crippen LogP contribution < -0.4 is 14.2 Å². The lowest BCUT2D eigenvalue weighted by atomic mass is 9.99. The summed E-state index contributed by atoms with van der Waals surface area (Å²) in [4.78, 5) is 10.8. The maximum Gasteiger partial charge on any atom is 0.328 e. The molecule has 1 aliphatic rings. The van der Waals surface area contributed by atoms with Crippen LogP contribution in [0.15, 0.2) is 18.2 Å². The average molecular weight is 386 g/mol. The van der Waals surface area contributed by atoms with Crippen molar-refractivity contribution in [2.75, 3.05) is 20.8 Å². The van der Waals surface area contributed by atoms with Crippen molar-refractivity contribution in [3.63, 3.8) is 0 Å². The minimum Gasteiger partial charge on any atom is -0.493 e. The van der Waals surface area contributed by atoms with E-state index in [1.807, 2.05) is 0 Å². The van der Waals surface area contributed by atoms with Crippen LogP contribution in [0.1, 0.15) is 5.56 Å². The van der Waals surface area contributed by atoms with Crippen molar-refractivity contribution < 1.29 is 49.3 Å². The topological polar surface area (TPSA) is 155 Å². The van der Waals surface area contributed by atoms with E-state index in [9.17, 15) is 25.2 Å². The third-order valence-electron chi connectivity index (χ3n) is 4.01. The summed E-state index contributed by atoms with van der Waals surface area (Å²) in [7, 11) is 2.79. The molecule has 1 heterocycles. The van der Waals surface area contributed by atoms with Crippen LogP contribution in [0.25, 0.3) is 6.08 Å². The molecule has 1 fully saturated rings. The second kappa shape index (κ2) is 9.02. The highest BCUT2D eigenvalue weighted by Crippen LogP contribution is 2.37. The summed E-state index contributed by atoms with van der Waals surface area (Å²) in [5.41, 5.74) is 0.270. The number of rotatable bonds is 7. The van der Waals surface area contributed by atoms with Crippen LogP contribution in [0.5, 0.6) is 17.2 Å². The van der Waals surface area contributed by atoms with Crippen molar-refractivity contribution in [3.05, 3.63) is 23.8 Å². The number of benzene rings is 1. The molecule has 0 amide bonds. The molecule has 10 heteroatoms. The number of carboxylic acid groups (broad SMARTS) is 1. The van der Waals surface area contributed by atoms with E-state index in [1.54, 1.807) is 0 Å². The number of aliphatic carboxylic acids is 1. The molecule has 5 atom stereocenters. The van der Waals surface area contributed by atoms with E-state index in [0.717, 1.165) is 6.08 Å². The average Bonchev–Trinajstić information content (AvgIpc) is 2.66. The van der Waals surface area contributed by atoms with Gasteiger partial charge < -0.3 is 44.5 Å². The molecule has 10 nitrogen and oxygen atoms in total. The number of carbonyl (C=O) groups is 1. The molecule has 0 radical (unpaired) electrons. The first-order valence-corrected chi connectivity index (χ1v) is 7.96. The Labute approximate surface area is 154 Å². The van der Waals surface area contributed by atoms with Crippen molar-refractivity contribution in [3.8, 4) is 17.2 Å². The molecule has 2 rings (SSSR count). The smallest absolute Gasteiger partial charge is 0.328 e. The number of aliphatic hydroxyl groups is 4. The summed E-state index contributed by atoms with van der Waals surface area (Å²) in [5.74, 6) is -0.550. The van der Waals surface area contributed by atoms with Gasteiger partial charge in [0.25, 0.3) is 0 Å². The van der Waals surface area contributed by atoms with Gasteiger partial charge in [0.05, 0.1) is 20.8 Å². The molecule has 5 N–H and O–H groups in total. The van der Waals surface area contributed by atoms with Gasteiger partial charge in [-0.3, -0.25) is 0 Å². The SMILES string of the molecule is COc1cc(C=CC(=O)O)c(OC2OC(CO)C(O)C(O)C2O)cc1OC. The van der Waals surface area contributed by atoms with Crippen LogP contribution in [-0.4, -0.2) is 83.0 Å². The Morgan fingerprint density at radius 3 is 2.26 bits per heavy atom. The molecule has 0 aromatic heterocycles. The zero-order valence-corrected chi connectivity index (χ0v) is 14.7. The van der Waals surface area contributed by atoms with Crippen LogP contribution in [0.2, 0.25) is 0 Å². The molecular formula is C17H22O10. The summed E-state index contributed by atoms with van der Waals surface area (Å²) in [5, 5.41) is 47.9. The van der Waals surface area contributed by atoms with E-state index < -0.39 is 43.3 Å². The Balaban J connectivity index is 2.39. The molecule has 27 heavy (non-hydrogen) atoms. The lowest BCUT2D eigenvalue weighted by Crippen LogP contribution is -2.60. The summed E-state index contributed by atoms with van der Waals surface area (Å²) in [6.45, 7) is -0.609. The Morgan fingerprint density at radius 2 is 1.70 bits per heavy atom. The highest BCUT2D eigenvalue weighted by Gasteiger charge is 2.44. The third kappa shape index (κ3) is 4.67. The van der Waals surface area contributed by atoms with Crippen LogP contribution in [-0.2, 0) is 9.53 Å². The van der Waals surface area contributed by atoms with E-state index in [1.165, 1.54) is 32.4 Å². The number of aliphatic hydroxyl groups excluding tert-OH is 4. The Kier molecular flexibility index (Phi) is 6.99. The highest BCUT2D eigenvalue weighted by molar-refractivity contribution is 5.86. The van der Waals surface area contributed by atoms with Gasteiger partial charge in [0.1, 0.15) is 30.2 Å². The van der Waals surface area contributed by atoms with Gasteiger partial charge in [-0.2, -0.15) is 0 Å². The third-order valence-corrected chi connectivity index (χ3v) is 4.01. The number of ether oxygens (including phenoxy) is 4. The standard InChI is InChI=1S/C17H22O10/c1-24-10-5-8(3-4-13(19)20)9(6-11(10)25-2)26-17-16(23)15(22)14(21)12(7-18)27-17/h3-6,12,14-18,21-23H,7H2,1-2H3,(H,19,20). The highest BCUT2D eigenvalue weighted by atomic mass is 16.7. The first-order valence-electron chi connectivity index (χ1n) is 7.96. The lowest BCUT2D eigenvalue weighted by Gasteiger charge is -2.39. The van der Waals surface area contributed by atoms with Crippen molar-refractivity contribution in [2.45, 2.75) is 30.7 Å². The summed E-state index contributed by atoms with van der Waals surface area (Å²) < 4.78 is 21.2. The number of hydrogen-bond donors (Lipinski definition) is 5. The maximum absolute atomic E-state index is 10.8. The van der Waals surface area contributed by atoms with Crippen LogP contribution in [0.3, 0.4) is 0 Å². The van der Waals surface area contributed by atoms with E-state index in [2.05, 4.69) is 0 Å². The quantitative estimate of drug-likeness (QED) is 0.368. The summed E-state index contributed by atoms with van der Waals surface area (Å²) >= 11 is 0. The van der Waals surface area contributed by atoms with Gasteiger partial charge in [-0.15, -0.1) is 0 Å². The Hall–Kier alpha value is -2.37. The van der Waals surface area contributed by atoms with E-state index >= 15 is 0 Å². The number of methoxy groups -OCH3 is 2. The zero-order chi connectivity index (χ0) is 20.1. The van der Waals surface area contributed by atoms with Crippen LogP contribution in [0.4, 0.5) is 0 Å². The first-order chi connectivity index (χ1) is 12.8. The Bertz CT molecular complexity index is 687. The second-order valence-electron chi connectivity index (χ2n) is 5.73. The molecule has 0 spiro atoms. The lowest BCUT2D eigenvalue weighted by molar-refractivity contribution is -0.277. The van der Waals surface area contributed by atoms with Gasteiger partial charge >= 0.3 is 5.97 Å². The maximum atomic E-state index is 10.8. The van der Waals surface area contributed by atoms with Gasteiger partial charge in [-0.1, -0.05) is 0 Å². The van der Waals surface area contributed by atoms with Crippen molar-refractivity contribution in [2.24, 2.45) is 0 Å². The van der Waals surface area contributed by atoms with E-state index in [0.29, 0.717) is 5.75 Å². The monoisotopic (exact) mass is 386 g/mol. The molecule has 1 aromatic carbocycles. The molecule has 0 aliphatic carbocycles. The Morgan fingerprint density at radius 1 is 1.07 bits per heavy atom. The van der Waals surface area contributed by atoms with Gasteiger partial charge in [0.15, 0.2) is 11.5 Å². The largest absolute Gasteiger partial charge is 0.493 e. The van der Waals surface area contributed by atoms with Crippen molar-refractivity contribution >= 4 is 12.0 Å². The minimum atomic E-state index is -1.62. The fraction of sp³-hybridized carbons (Fsp3) is 0.471. The number of hydrogen-bond acceptors (Lipinski definition) is 9. The number of carboxylic acids is 1. The molecular weight excluding hydrogens is 364 g/mol. The normalized spacial score (nSPS) is 28.1. The predicted octanol–water partition coefficient (Wildman–Crippen LogP) is -1.02. The van der Waals surface area contributed by atoms with Gasteiger partial charge in [-0.05, 0) is 12.1 Å². The van der Waals surface area contributed by atoms with Gasteiger partial charge in [-0.25, -0.2) is 4.79 Å². The molecule has 1 aliphatic heterocycles. The van der Waals surface area contributed by atoms with Crippen molar-refractivity contribution in [1.82, 2.24) is 0 Å². The van der Waals surface area contributed by atoms with Gasteiger partial charge in [0.2, 0.25) is 6.29 Å². The fourth-order valence-corrected chi connectivity index (χ4v) is 2.56. The van der Waals surface area contributed by atoms with E-state index in [-0.39, 0.29) is 17.1 Å². The first kappa shape index (κ1) is 20.9. The van der Waals surface area contributed by atoms with Crippen LogP contribution >= 0.6 is 0 Å². The molecule has 0 bridgehead atoms. The molecule has 1 aromatic rings. The molecule has 5 unspecified atom stereocenters. The molecule has 0 saturated carbocycles. The molecule has 150 valence electrons. The summed E-state index contributed by atoms with van der Waals surface area (Å²) in [6, 6.07) is 2.85. The predicted molar refractivity (Wildman–Crippen MR) is 90.6 cm³/mol. The minimum absolute atomic E-state index is 0.0643. The van der Waals surface area contributed by atoms with E-state index in [4.69, 9.17) is 24.1 Å². The molecule has 1 saturated heterocycles. The van der Waals surface area contributed by atoms with Gasteiger partial charge in [0, 0.05) is 17.7 Å². The zero-order valence-electron chi connectivity index (χ0n) is 14.7. The fourth-order valence-electron chi connectivity index (χ4n) is 2.56. The second-order valence-corrected chi connectivity index (χ2v) is 5.73. The van der Waals surface area contributed by atoms with Crippen molar-refractivity contribution in [1.29, 1.82) is 0 Å². The van der Waals surface area contributed by atoms with Crippen LogP contribution in [0, 0.1) is 0 Å².